The lowest BCUT2D eigenvalue weighted by molar-refractivity contribution is -0.138. The molecule has 31 heavy (non-hydrogen) atoms. The van der Waals surface area contributed by atoms with Gasteiger partial charge >= 0.3 is 5.97 Å². The highest BCUT2D eigenvalue weighted by Gasteiger charge is 2.18. The molecule has 0 fully saturated rings. The molecule has 0 aliphatic rings. The molecule has 0 aliphatic carbocycles. The Kier molecular flexibility index (Phi) is 8.35. The molecule has 0 radical (unpaired) electrons. The predicted octanol–water partition coefficient (Wildman–Crippen LogP) is 5.51. The summed E-state index contributed by atoms with van der Waals surface area (Å²) in [5, 5.41) is 5.32. The Morgan fingerprint density at radius 1 is 1.06 bits per heavy atom. The topological polar surface area (TPSA) is 68.3 Å². The molecule has 1 heterocycles. The van der Waals surface area contributed by atoms with Crippen LogP contribution in [0.5, 0.6) is 5.88 Å². The third-order valence-corrected chi connectivity index (χ3v) is 5.84. The Balaban J connectivity index is 1.46. The summed E-state index contributed by atoms with van der Waals surface area (Å²) in [6.07, 6.45) is 4.59. The van der Waals surface area contributed by atoms with Crippen LogP contribution in [0.25, 0.3) is 10.6 Å². The summed E-state index contributed by atoms with van der Waals surface area (Å²) in [4.78, 5) is 29.1. The second-order valence-electron chi connectivity index (χ2n) is 7.54. The molecule has 162 valence electrons. The summed E-state index contributed by atoms with van der Waals surface area (Å²) >= 11 is 1.42. The van der Waals surface area contributed by atoms with Gasteiger partial charge in [-0.15, -0.1) is 11.3 Å². The molecule has 0 bridgehead atoms. The Hall–Kier alpha value is -2.99. The van der Waals surface area contributed by atoms with E-state index < -0.39 is 11.9 Å². The minimum atomic E-state index is -0.487. The first-order valence-electron chi connectivity index (χ1n) is 10.7. The van der Waals surface area contributed by atoms with Crippen LogP contribution in [-0.4, -0.2) is 23.4 Å². The highest BCUT2D eigenvalue weighted by Crippen LogP contribution is 2.27. The zero-order chi connectivity index (χ0) is 22.1. The van der Waals surface area contributed by atoms with Gasteiger partial charge in [-0.1, -0.05) is 69.2 Å². The van der Waals surface area contributed by atoms with E-state index in [1.807, 2.05) is 54.6 Å². The zero-order valence-corrected chi connectivity index (χ0v) is 18.8. The van der Waals surface area contributed by atoms with Crippen molar-refractivity contribution in [1.29, 1.82) is 0 Å². The van der Waals surface area contributed by atoms with Gasteiger partial charge in [-0.3, -0.25) is 9.59 Å². The molecular weight excluding hydrogens is 408 g/mol. The van der Waals surface area contributed by atoms with Crippen LogP contribution >= 0.6 is 11.3 Å². The van der Waals surface area contributed by atoms with Crippen molar-refractivity contribution in [2.75, 3.05) is 6.54 Å². The summed E-state index contributed by atoms with van der Waals surface area (Å²) in [6, 6.07) is 17.4. The Morgan fingerprint density at radius 2 is 1.81 bits per heavy atom. The fourth-order valence-electron chi connectivity index (χ4n) is 3.06. The smallest absolute Gasteiger partial charge is 0.317 e. The van der Waals surface area contributed by atoms with Crippen LogP contribution < -0.4 is 10.1 Å². The van der Waals surface area contributed by atoms with E-state index in [-0.39, 0.29) is 18.3 Å². The highest BCUT2D eigenvalue weighted by molar-refractivity contribution is 7.13. The number of nitrogens with one attached hydrogen (secondary N) is 1. The number of hydrogen-bond acceptors (Lipinski definition) is 5. The lowest BCUT2D eigenvalue weighted by atomic mass is 10.0. The molecule has 0 saturated heterocycles. The molecule has 3 rings (SSSR count). The summed E-state index contributed by atoms with van der Waals surface area (Å²) in [7, 11) is 0. The monoisotopic (exact) mass is 436 g/mol. The minimum absolute atomic E-state index is 0.195. The molecule has 6 heteroatoms. The van der Waals surface area contributed by atoms with Gasteiger partial charge < -0.3 is 10.1 Å². The first-order chi connectivity index (χ1) is 15.1. The van der Waals surface area contributed by atoms with Gasteiger partial charge in [0.15, 0.2) is 0 Å². The molecule has 1 unspecified atom stereocenters. The second kappa shape index (κ2) is 11.4. The largest absolute Gasteiger partial charge is 0.406 e. The molecule has 1 N–H and O–H groups in total. The maximum atomic E-state index is 12.4. The van der Waals surface area contributed by atoms with E-state index in [2.05, 4.69) is 17.2 Å². The van der Waals surface area contributed by atoms with E-state index in [1.165, 1.54) is 29.7 Å². The summed E-state index contributed by atoms with van der Waals surface area (Å²) in [5.41, 5.74) is 2.80. The number of esters is 1. The maximum Gasteiger partial charge on any atom is 0.317 e. The van der Waals surface area contributed by atoms with E-state index in [1.54, 1.807) is 12.3 Å². The zero-order valence-electron chi connectivity index (χ0n) is 18.0. The molecule has 1 aromatic heterocycles. The molecule has 0 saturated carbocycles. The van der Waals surface area contributed by atoms with Crippen LogP contribution in [-0.2, 0) is 11.2 Å². The summed E-state index contributed by atoms with van der Waals surface area (Å²) in [6.45, 7) is 4.11. The first kappa shape index (κ1) is 22.7. The van der Waals surface area contributed by atoms with Gasteiger partial charge in [0.25, 0.3) is 5.91 Å². The van der Waals surface area contributed by atoms with Crippen LogP contribution in [0.15, 0.2) is 60.0 Å². The molecule has 0 aliphatic heterocycles. The molecule has 3 aromatic rings. The summed E-state index contributed by atoms with van der Waals surface area (Å²) in [5.74, 6) is -0.818. The van der Waals surface area contributed by atoms with E-state index >= 15 is 0 Å². The fourth-order valence-corrected chi connectivity index (χ4v) is 3.78. The average Bonchev–Trinajstić information content (AvgIpc) is 3.27. The number of amides is 1. The number of carbonyl (C=O) groups excluding carboxylic acids is 2. The van der Waals surface area contributed by atoms with Gasteiger partial charge in [-0.25, -0.2) is 4.98 Å². The molecule has 1 atom stereocenters. The van der Waals surface area contributed by atoms with Crippen molar-refractivity contribution < 1.29 is 14.3 Å². The van der Waals surface area contributed by atoms with Crippen LogP contribution in [0.3, 0.4) is 0 Å². The van der Waals surface area contributed by atoms with Gasteiger partial charge in [0.05, 0.1) is 11.3 Å². The van der Waals surface area contributed by atoms with E-state index in [9.17, 15) is 9.59 Å². The van der Waals surface area contributed by atoms with Crippen molar-refractivity contribution in [3.8, 4) is 16.5 Å². The quantitative estimate of drug-likeness (QED) is 0.336. The predicted molar refractivity (Wildman–Crippen MR) is 124 cm³/mol. The van der Waals surface area contributed by atoms with E-state index in [0.29, 0.717) is 5.56 Å². The molecule has 5 nitrogen and oxygen atoms in total. The van der Waals surface area contributed by atoms with Gasteiger partial charge in [0.1, 0.15) is 5.01 Å². The number of unbranched alkanes of at least 4 members (excludes halogenated alkanes) is 2. The minimum Gasteiger partial charge on any atom is -0.406 e. The second-order valence-corrected chi connectivity index (χ2v) is 8.40. The summed E-state index contributed by atoms with van der Waals surface area (Å²) < 4.78 is 5.39. The molecular formula is C25H28N2O3S. The third-order valence-electron chi connectivity index (χ3n) is 4.97. The lowest BCUT2D eigenvalue weighted by Gasteiger charge is -2.11. The normalized spacial score (nSPS) is 11.7. The van der Waals surface area contributed by atoms with Crippen molar-refractivity contribution >= 4 is 23.2 Å². The number of hydrogen-bond donors (Lipinski definition) is 1. The van der Waals surface area contributed by atoms with Crippen molar-refractivity contribution in [3.63, 3.8) is 0 Å². The number of nitrogens with zero attached hydrogens (tertiary/aromatic N) is 1. The number of carbonyl (C=O) groups is 2. The molecule has 1 amide bonds. The van der Waals surface area contributed by atoms with Gasteiger partial charge in [0, 0.05) is 17.7 Å². The van der Waals surface area contributed by atoms with Crippen LogP contribution in [0.1, 0.15) is 49.0 Å². The number of aromatic nitrogens is 1. The van der Waals surface area contributed by atoms with Crippen molar-refractivity contribution in [2.45, 2.75) is 39.5 Å². The van der Waals surface area contributed by atoms with E-state index in [0.717, 1.165) is 23.4 Å². The van der Waals surface area contributed by atoms with Gasteiger partial charge in [-0.2, -0.15) is 0 Å². The van der Waals surface area contributed by atoms with Crippen molar-refractivity contribution in [3.05, 3.63) is 71.1 Å². The van der Waals surface area contributed by atoms with Crippen LogP contribution in [0.4, 0.5) is 0 Å². The van der Waals surface area contributed by atoms with Gasteiger partial charge in [-0.05, 0) is 30.5 Å². The third kappa shape index (κ3) is 6.76. The lowest BCUT2D eigenvalue weighted by Crippen LogP contribution is -2.33. The Bertz CT molecular complexity index is 984. The Morgan fingerprint density at radius 3 is 2.52 bits per heavy atom. The molecule has 0 spiro atoms. The van der Waals surface area contributed by atoms with Crippen LogP contribution in [0, 0.1) is 5.92 Å². The van der Waals surface area contributed by atoms with Gasteiger partial charge in [0.2, 0.25) is 5.88 Å². The maximum absolute atomic E-state index is 12.4. The first-order valence-corrected chi connectivity index (χ1v) is 11.5. The van der Waals surface area contributed by atoms with Crippen molar-refractivity contribution in [2.24, 2.45) is 5.92 Å². The standard InChI is InChI=1S/C25H28N2O3S/c1-3-4-6-9-19-12-14-20(15-13-19)23(28)26-16-18(2)25(29)30-22-17-31-24(27-22)21-10-7-5-8-11-21/h5,7-8,10-15,17-18H,3-4,6,9,16H2,1-2H3,(H,26,28). The number of rotatable bonds is 10. The number of benzene rings is 2. The van der Waals surface area contributed by atoms with Crippen LogP contribution in [0.2, 0.25) is 0 Å². The highest BCUT2D eigenvalue weighted by atomic mass is 32.1. The Labute approximate surface area is 187 Å². The SMILES string of the molecule is CCCCCc1ccc(C(=O)NCC(C)C(=O)Oc2csc(-c3ccccc3)n2)cc1. The fraction of sp³-hybridized carbons (Fsp3) is 0.320. The number of thiazole rings is 1. The average molecular weight is 437 g/mol. The molecule has 2 aromatic carbocycles. The van der Waals surface area contributed by atoms with E-state index in [4.69, 9.17) is 4.74 Å². The number of ether oxygens (including phenoxy) is 1. The van der Waals surface area contributed by atoms with Crippen molar-refractivity contribution in [1.82, 2.24) is 10.3 Å². The number of aryl methyl sites for hydroxylation is 1.